The molecule has 2 heterocycles. The van der Waals surface area contributed by atoms with Gasteiger partial charge < -0.3 is 9.64 Å². The van der Waals surface area contributed by atoms with E-state index in [4.69, 9.17) is 4.74 Å². The normalized spacial score (nSPS) is 15.2. The summed E-state index contributed by atoms with van der Waals surface area (Å²) in [5, 5.41) is 0.629. The average Bonchev–Trinajstić information content (AvgIpc) is 3.06. The zero-order valence-corrected chi connectivity index (χ0v) is 15.5. The Kier molecular flexibility index (Phi) is 4.72. The van der Waals surface area contributed by atoms with Gasteiger partial charge in [-0.2, -0.15) is 0 Å². The van der Waals surface area contributed by atoms with Gasteiger partial charge in [0.25, 0.3) is 5.91 Å². The molecule has 1 aromatic carbocycles. The highest BCUT2D eigenvalue weighted by molar-refractivity contribution is 7.17. The summed E-state index contributed by atoms with van der Waals surface area (Å²) in [6.07, 6.45) is 0. The van der Waals surface area contributed by atoms with Gasteiger partial charge in [0, 0.05) is 11.6 Å². The Morgan fingerprint density at radius 1 is 1.32 bits per heavy atom. The van der Waals surface area contributed by atoms with Crippen molar-refractivity contribution in [3.63, 3.8) is 0 Å². The lowest BCUT2D eigenvalue weighted by atomic mass is 10.1. The van der Waals surface area contributed by atoms with Gasteiger partial charge in [-0.3, -0.25) is 4.79 Å². The van der Waals surface area contributed by atoms with Crippen molar-refractivity contribution >= 4 is 39.6 Å². The second-order valence-corrected chi connectivity index (χ2v) is 7.09. The second-order valence-electron chi connectivity index (χ2n) is 6.06. The van der Waals surface area contributed by atoms with Crippen LogP contribution in [0.4, 0.5) is 10.7 Å². The first-order chi connectivity index (χ1) is 11.9. The molecule has 0 aliphatic carbocycles. The molecule has 0 spiro atoms. The number of nitrogens with zero attached hydrogens (tertiary/aromatic N) is 2. The minimum atomic E-state index is -0.349. The molecule has 0 N–H and O–H groups in total. The molecular weight excluding hydrogens is 336 g/mol. The zero-order valence-electron chi connectivity index (χ0n) is 14.7. The summed E-state index contributed by atoms with van der Waals surface area (Å²) in [5.41, 5.74) is 2.92. The Balaban J connectivity index is 2.03. The van der Waals surface area contributed by atoms with E-state index in [9.17, 15) is 9.59 Å². The fourth-order valence-electron chi connectivity index (χ4n) is 2.87. The molecule has 0 fully saturated rings. The topological polar surface area (TPSA) is 59.0 Å². The maximum atomic E-state index is 12.8. The summed E-state index contributed by atoms with van der Waals surface area (Å²) in [6.45, 7) is 7.90. The van der Waals surface area contributed by atoms with Crippen LogP contribution in [0.1, 0.15) is 41.6 Å². The molecule has 25 heavy (non-hydrogen) atoms. The highest BCUT2D eigenvalue weighted by atomic mass is 32.1. The number of fused-ring (bicyclic) bond motifs is 1. The number of carbonyl (C=O) groups excluding carboxylic acids is 2. The highest BCUT2D eigenvalue weighted by Gasteiger charge is 2.35. The molecule has 0 unspecified atom stereocenters. The van der Waals surface area contributed by atoms with Crippen LogP contribution in [-0.2, 0) is 9.53 Å². The number of carbonyl (C=O) groups is 2. The molecule has 0 radical (unpaired) electrons. The number of hydrogen-bond acceptors (Lipinski definition) is 5. The number of hydrogen-bond donors (Lipinski definition) is 0. The van der Waals surface area contributed by atoms with Gasteiger partial charge in [-0.25, -0.2) is 9.79 Å². The quantitative estimate of drug-likeness (QED) is 0.775. The standard InChI is InChI=1S/C19H20N2O3S/c1-5-24-19(23)17-12(4)10-15(25-17)20-16-13-8-6-7-9-14(13)21(11(2)3)18(16)22/h6-11H,5H2,1-4H3. The summed E-state index contributed by atoms with van der Waals surface area (Å²) in [7, 11) is 0. The second kappa shape index (κ2) is 6.80. The van der Waals surface area contributed by atoms with E-state index in [0.717, 1.165) is 16.8 Å². The summed E-state index contributed by atoms with van der Waals surface area (Å²) < 4.78 is 5.07. The fraction of sp³-hybridized carbons (Fsp3) is 0.316. The number of aliphatic imine (C=N–C) groups is 1. The minimum absolute atomic E-state index is 0.0431. The number of ether oxygens (including phenoxy) is 1. The molecule has 0 atom stereocenters. The van der Waals surface area contributed by atoms with Gasteiger partial charge in [0.05, 0.1) is 12.3 Å². The Morgan fingerprint density at radius 3 is 2.72 bits per heavy atom. The van der Waals surface area contributed by atoms with Gasteiger partial charge in [0.2, 0.25) is 0 Å². The molecular formula is C19H20N2O3S. The lowest BCUT2D eigenvalue weighted by molar-refractivity contribution is -0.112. The van der Waals surface area contributed by atoms with Crippen molar-refractivity contribution in [3.05, 3.63) is 46.3 Å². The van der Waals surface area contributed by atoms with Gasteiger partial charge in [-0.1, -0.05) is 18.2 Å². The van der Waals surface area contributed by atoms with Crippen molar-refractivity contribution in [1.82, 2.24) is 0 Å². The third kappa shape index (κ3) is 3.09. The molecule has 1 aliphatic heterocycles. The lowest BCUT2D eigenvalue weighted by Crippen LogP contribution is -2.35. The van der Waals surface area contributed by atoms with E-state index in [1.54, 1.807) is 11.8 Å². The monoisotopic (exact) mass is 356 g/mol. The maximum absolute atomic E-state index is 12.8. The van der Waals surface area contributed by atoms with Gasteiger partial charge in [-0.05, 0) is 45.4 Å². The summed E-state index contributed by atoms with van der Waals surface area (Å²) in [4.78, 5) is 31.7. The first kappa shape index (κ1) is 17.4. The molecule has 1 amide bonds. The molecule has 0 bridgehead atoms. The summed E-state index contributed by atoms with van der Waals surface area (Å²) >= 11 is 1.25. The van der Waals surface area contributed by atoms with Gasteiger partial charge in [0.1, 0.15) is 15.6 Å². The first-order valence-electron chi connectivity index (χ1n) is 8.23. The van der Waals surface area contributed by atoms with Crippen LogP contribution in [-0.4, -0.2) is 30.2 Å². The van der Waals surface area contributed by atoms with Crippen molar-refractivity contribution in [2.45, 2.75) is 33.7 Å². The first-order valence-corrected chi connectivity index (χ1v) is 9.04. The van der Waals surface area contributed by atoms with E-state index < -0.39 is 0 Å². The van der Waals surface area contributed by atoms with Crippen molar-refractivity contribution in [2.24, 2.45) is 4.99 Å². The number of amides is 1. The number of thiophene rings is 1. The molecule has 130 valence electrons. The van der Waals surface area contributed by atoms with Crippen LogP contribution in [0.5, 0.6) is 0 Å². The molecule has 0 saturated carbocycles. The van der Waals surface area contributed by atoms with E-state index in [1.165, 1.54) is 11.3 Å². The summed E-state index contributed by atoms with van der Waals surface area (Å²) in [6, 6.07) is 9.51. The van der Waals surface area contributed by atoms with Crippen molar-refractivity contribution in [2.75, 3.05) is 11.5 Å². The maximum Gasteiger partial charge on any atom is 0.348 e. The molecule has 0 saturated heterocycles. The Bertz CT molecular complexity index is 867. The van der Waals surface area contributed by atoms with E-state index >= 15 is 0 Å². The van der Waals surface area contributed by atoms with Crippen molar-refractivity contribution in [1.29, 1.82) is 0 Å². The van der Waals surface area contributed by atoms with E-state index in [2.05, 4.69) is 4.99 Å². The lowest BCUT2D eigenvalue weighted by Gasteiger charge is -2.20. The third-order valence-corrected chi connectivity index (χ3v) is 5.06. The van der Waals surface area contributed by atoms with Crippen LogP contribution in [0.3, 0.4) is 0 Å². The largest absolute Gasteiger partial charge is 0.462 e. The number of esters is 1. The van der Waals surface area contributed by atoms with E-state index in [1.807, 2.05) is 51.1 Å². The molecule has 1 aliphatic rings. The van der Waals surface area contributed by atoms with Crippen molar-refractivity contribution < 1.29 is 14.3 Å². The molecule has 1 aromatic heterocycles. The number of para-hydroxylation sites is 1. The number of aryl methyl sites for hydroxylation is 1. The number of benzene rings is 1. The average molecular weight is 356 g/mol. The van der Waals surface area contributed by atoms with Gasteiger partial charge in [0.15, 0.2) is 0 Å². The fourth-order valence-corrected chi connectivity index (χ4v) is 3.82. The van der Waals surface area contributed by atoms with Crippen LogP contribution < -0.4 is 4.90 Å². The van der Waals surface area contributed by atoms with Crippen LogP contribution >= 0.6 is 11.3 Å². The zero-order chi connectivity index (χ0) is 18.1. The van der Waals surface area contributed by atoms with Crippen molar-refractivity contribution in [3.8, 4) is 0 Å². The molecule has 2 aromatic rings. The Morgan fingerprint density at radius 2 is 2.04 bits per heavy atom. The van der Waals surface area contributed by atoms with Crippen LogP contribution in [0.15, 0.2) is 35.3 Å². The number of anilines is 1. The van der Waals surface area contributed by atoms with Crippen LogP contribution in [0, 0.1) is 6.92 Å². The van der Waals surface area contributed by atoms with Gasteiger partial charge in [-0.15, -0.1) is 11.3 Å². The van der Waals surface area contributed by atoms with Crippen LogP contribution in [0.25, 0.3) is 0 Å². The SMILES string of the molecule is CCOC(=O)c1sc(N=C2C(=O)N(C(C)C)c3ccccc32)cc1C. The Hall–Kier alpha value is -2.47. The number of rotatable bonds is 4. The highest BCUT2D eigenvalue weighted by Crippen LogP contribution is 2.35. The predicted molar refractivity (Wildman–Crippen MR) is 100 cm³/mol. The van der Waals surface area contributed by atoms with Gasteiger partial charge >= 0.3 is 5.97 Å². The predicted octanol–water partition coefficient (Wildman–Crippen LogP) is 4.11. The third-order valence-electron chi connectivity index (χ3n) is 3.94. The smallest absolute Gasteiger partial charge is 0.348 e. The molecule has 6 heteroatoms. The summed E-state index contributed by atoms with van der Waals surface area (Å²) in [5.74, 6) is -0.460. The van der Waals surface area contributed by atoms with E-state index in [-0.39, 0.29) is 17.9 Å². The van der Waals surface area contributed by atoms with E-state index in [0.29, 0.717) is 22.2 Å². The van der Waals surface area contributed by atoms with Crippen LogP contribution in [0.2, 0.25) is 0 Å². The minimum Gasteiger partial charge on any atom is -0.462 e. The molecule has 3 rings (SSSR count). The molecule has 5 nitrogen and oxygen atoms in total. The Labute approximate surface area is 150 Å².